The van der Waals surface area contributed by atoms with E-state index in [4.69, 9.17) is 0 Å². The topological polar surface area (TPSA) is 34.9 Å². The Morgan fingerprint density at radius 1 is 1.50 bits per heavy atom. The predicted molar refractivity (Wildman–Crippen MR) is 68.4 cm³/mol. The number of ketones is 1. The second-order valence-electron chi connectivity index (χ2n) is 4.93. The first-order valence-electron chi connectivity index (χ1n) is 5.59. The molecule has 1 aromatic heterocycles. The second-order valence-corrected chi connectivity index (χ2v) is 5.78. The number of rotatable bonds is 4. The Morgan fingerprint density at radius 2 is 2.12 bits per heavy atom. The molecule has 4 heteroatoms. The summed E-state index contributed by atoms with van der Waals surface area (Å²) in [4.78, 5) is 11.8. The lowest BCUT2D eigenvalue weighted by atomic mass is 9.88. The van der Waals surface area contributed by atoms with Crippen LogP contribution in [0.15, 0.2) is 10.7 Å². The zero-order valence-electron chi connectivity index (χ0n) is 10.4. The molecule has 0 atom stereocenters. The molecule has 0 spiro atoms. The van der Waals surface area contributed by atoms with Crippen LogP contribution in [0.2, 0.25) is 0 Å². The van der Waals surface area contributed by atoms with Gasteiger partial charge < -0.3 is 0 Å². The Balaban J connectivity index is 2.68. The molecule has 0 saturated carbocycles. The van der Waals surface area contributed by atoms with Crippen molar-refractivity contribution in [3.63, 3.8) is 0 Å². The maximum Gasteiger partial charge on any atom is 0.138 e. The van der Waals surface area contributed by atoms with E-state index >= 15 is 0 Å². The van der Waals surface area contributed by atoms with Crippen molar-refractivity contribution in [2.75, 3.05) is 0 Å². The molecular weight excluding hydrogens is 268 g/mol. The summed E-state index contributed by atoms with van der Waals surface area (Å²) in [5.74, 6) is 0.295. The Bertz CT molecular complexity index is 377. The fourth-order valence-corrected chi connectivity index (χ4v) is 2.01. The summed E-state index contributed by atoms with van der Waals surface area (Å²) >= 11 is 3.46. The van der Waals surface area contributed by atoms with Gasteiger partial charge in [0.25, 0.3) is 0 Å². The van der Waals surface area contributed by atoms with Crippen molar-refractivity contribution in [1.82, 2.24) is 9.78 Å². The summed E-state index contributed by atoms with van der Waals surface area (Å²) in [5, 5.41) is 4.23. The maximum absolute atomic E-state index is 11.8. The average Bonchev–Trinajstić information content (AvgIpc) is 2.54. The molecule has 0 aliphatic heterocycles. The summed E-state index contributed by atoms with van der Waals surface area (Å²) in [6.45, 7) is 8.77. The zero-order valence-corrected chi connectivity index (χ0v) is 12.0. The number of nitrogens with zero attached hydrogens (tertiary/aromatic N) is 2. The molecule has 0 radical (unpaired) electrons. The summed E-state index contributed by atoms with van der Waals surface area (Å²) in [5.41, 5.74) is 0.865. The van der Waals surface area contributed by atoms with Crippen LogP contribution < -0.4 is 0 Å². The third-order valence-electron chi connectivity index (χ3n) is 2.62. The SMILES string of the molecule is CCn1ncc(Br)c1CCC(=O)C(C)(C)C. The first-order chi connectivity index (χ1) is 7.36. The number of carbonyl (C=O) groups is 1. The van der Waals surface area contributed by atoms with Gasteiger partial charge in [-0.3, -0.25) is 9.48 Å². The van der Waals surface area contributed by atoms with E-state index in [9.17, 15) is 4.79 Å². The van der Waals surface area contributed by atoms with Crippen LogP contribution in [0.3, 0.4) is 0 Å². The third kappa shape index (κ3) is 3.17. The van der Waals surface area contributed by atoms with Gasteiger partial charge in [-0.2, -0.15) is 5.10 Å². The molecule has 3 nitrogen and oxygen atoms in total. The minimum absolute atomic E-state index is 0.246. The Labute approximate surface area is 105 Å². The number of aromatic nitrogens is 2. The average molecular weight is 287 g/mol. The van der Waals surface area contributed by atoms with Crippen LogP contribution in [0, 0.1) is 5.41 Å². The quantitative estimate of drug-likeness (QED) is 0.852. The van der Waals surface area contributed by atoms with Gasteiger partial charge >= 0.3 is 0 Å². The highest BCUT2D eigenvalue weighted by molar-refractivity contribution is 9.10. The third-order valence-corrected chi connectivity index (χ3v) is 3.29. The van der Waals surface area contributed by atoms with Crippen molar-refractivity contribution in [2.24, 2.45) is 5.41 Å². The van der Waals surface area contributed by atoms with Crippen LogP contribution >= 0.6 is 15.9 Å². The molecule has 0 bridgehead atoms. The Kier molecular flexibility index (Phi) is 4.30. The molecule has 90 valence electrons. The number of carbonyl (C=O) groups excluding carboxylic acids is 1. The van der Waals surface area contributed by atoms with Gasteiger partial charge in [0.2, 0.25) is 0 Å². The lowest BCUT2D eigenvalue weighted by molar-refractivity contribution is -0.126. The number of halogens is 1. The van der Waals surface area contributed by atoms with Gasteiger partial charge in [0.15, 0.2) is 0 Å². The maximum atomic E-state index is 11.8. The molecular formula is C12H19BrN2O. The molecule has 0 aromatic carbocycles. The number of hydrogen-bond donors (Lipinski definition) is 0. The zero-order chi connectivity index (χ0) is 12.3. The molecule has 0 saturated heterocycles. The van der Waals surface area contributed by atoms with Crippen LogP contribution in [-0.2, 0) is 17.8 Å². The smallest absolute Gasteiger partial charge is 0.138 e. The monoisotopic (exact) mass is 286 g/mol. The van der Waals surface area contributed by atoms with E-state index in [1.807, 2.05) is 25.5 Å². The molecule has 0 fully saturated rings. The summed E-state index contributed by atoms with van der Waals surface area (Å²) in [7, 11) is 0. The predicted octanol–water partition coefficient (Wildman–Crippen LogP) is 3.21. The van der Waals surface area contributed by atoms with Crippen LogP contribution in [-0.4, -0.2) is 15.6 Å². The fraction of sp³-hybridized carbons (Fsp3) is 0.667. The van der Waals surface area contributed by atoms with Gasteiger partial charge in [-0.1, -0.05) is 20.8 Å². The summed E-state index contributed by atoms with van der Waals surface area (Å²) in [6.07, 6.45) is 3.12. The lowest BCUT2D eigenvalue weighted by Gasteiger charge is -2.16. The first kappa shape index (κ1) is 13.4. The van der Waals surface area contributed by atoms with E-state index in [-0.39, 0.29) is 5.41 Å². The molecule has 1 heterocycles. The van der Waals surface area contributed by atoms with Crippen molar-refractivity contribution >= 4 is 21.7 Å². The minimum atomic E-state index is -0.246. The van der Waals surface area contributed by atoms with Crippen molar-refractivity contribution < 1.29 is 4.79 Å². The van der Waals surface area contributed by atoms with Crippen molar-refractivity contribution in [3.05, 3.63) is 16.4 Å². The van der Waals surface area contributed by atoms with Crippen LogP contribution in [0.4, 0.5) is 0 Å². The Hall–Kier alpha value is -0.640. The molecule has 0 N–H and O–H groups in total. The van der Waals surface area contributed by atoms with Gasteiger partial charge in [0.05, 0.1) is 16.4 Å². The molecule has 1 aromatic rings. The molecule has 0 unspecified atom stereocenters. The normalized spacial score (nSPS) is 11.8. The molecule has 0 aliphatic rings. The highest BCUT2D eigenvalue weighted by Crippen LogP contribution is 2.21. The van der Waals surface area contributed by atoms with E-state index in [2.05, 4.69) is 28.0 Å². The van der Waals surface area contributed by atoms with Crippen molar-refractivity contribution in [1.29, 1.82) is 0 Å². The van der Waals surface area contributed by atoms with Gasteiger partial charge in [-0.05, 0) is 29.3 Å². The van der Waals surface area contributed by atoms with Gasteiger partial charge in [-0.25, -0.2) is 0 Å². The van der Waals surface area contributed by atoms with Gasteiger partial charge in [-0.15, -0.1) is 0 Å². The number of hydrogen-bond acceptors (Lipinski definition) is 2. The molecule has 16 heavy (non-hydrogen) atoms. The van der Waals surface area contributed by atoms with Gasteiger partial charge in [0.1, 0.15) is 5.78 Å². The largest absolute Gasteiger partial charge is 0.299 e. The summed E-state index contributed by atoms with van der Waals surface area (Å²) in [6, 6.07) is 0. The molecule has 1 rings (SSSR count). The van der Waals surface area contributed by atoms with Crippen molar-refractivity contribution in [3.8, 4) is 0 Å². The van der Waals surface area contributed by atoms with Crippen LogP contribution in [0.1, 0.15) is 39.8 Å². The number of aryl methyl sites for hydroxylation is 1. The van der Waals surface area contributed by atoms with E-state index < -0.39 is 0 Å². The van der Waals surface area contributed by atoms with E-state index in [0.29, 0.717) is 12.2 Å². The number of Topliss-reactive ketones (excluding diaryl/α,β-unsaturated/α-hetero) is 1. The van der Waals surface area contributed by atoms with E-state index in [1.54, 1.807) is 6.20 Å². The lowest BCUT2D eigenvalue weighted by Crippen LogP contribution is -2.21. The standard InChI is InChI=1S/C12H19BrN2O/c1-5-15-10(9(13)8-14-15)6-7-11(16)12(2,3)4/h8H,5-7H2,1-4H3. The Morgan fingerprint density at radius 3 is 2.62 bits per heavy atom. The van der Waals surface area contributed by atoms with Crippen LogP contribution in [0.5, 0.6) is 0 Å². The molecule has 0 aliphatic carbocycles. The van der Waals surface area contributed by atoms with Gasteiger partial charge in [0, 0.05) is 18.4 Å². The minimum Gasteiger partial charge on any atom is -0.299 e. The molecule has 0 amide bonds. The fourth-order valence-electron chi connectivity index (χ4n) is 1.52. The second kappa shape index (κ2) is 5.13. The highest BCUT2D eigenvalue weighted by atomic mass is 79.9. The van der Waals surface area contributed by atoms with Crippen LogP contribution in [0.25, 0.3) is 0 Å². The van der Waals surface area contributed by atoms with Crippen molar-refractivity contribution in [2.45, 2.75) is 47.1 Å². The van der Waals surface area contributed by atoms with E-state index in [1.165, 1.54) is 0 Å². The van der Waals surface area contributed by atoms with E-state index in [0.717, 1.165) is 23.1 Å². The first-order valence-corrected chi connectivity index (χ1v) is 6.39. The highest BCUT2D eigenvalue weighted by Gasteiger charge is 2.21. The summed E-state index contributed by atoms with van der Waals surface area (Å²) < 4.78 is 2.93.